The van der Waals surface area contributed by atoms with Gasteiger partial charge < -0.3 is 10.6 Å². The highest BCUT2D eigenvalue weighted by molar-refractivity contribution is 7.09. The average molecular weight is 226 g/mol. The number of nitrogens with zero attached hydrogens (tertiary/aromatic N) is 1. The molecule has 1 aromatic rings. The summed E-state index contributed by atoms with van der Waals surface area (Å²) in [5, 5.41) is 2.14. The van der Waals surface area contributed by atoms with E-state index in [4.69, 9.17) is 5.73 Å². The van der Waals surface area contributed by atoms with Crippen LogP contribution in [0.3, 0.4) is 0 Å². The maximum absolute atomic E-state index is 5.75. The van der Waals surface area contributed by atoms with Crippen molar-refractivity contribution in [3.05, 3.63) is 22.4 Å². The molecule has 2 atom stereocenters. The highest BCUT2D eigenvalue weighted by Crippen LogP contribution is 2.13. The molecule has 1 heterocycles. The molecule has 3 heteroatoms. The zero-order chi connectivity index (χ0) is 11.3. The van der Waals surface area contributed by atoms with Crippen LogP contribution in [0.25, 0.3) is 0 Å². The van der Waals surface area contributed by atoms with Crippen molar-refractivity contribution in [2.45, 2.75) is 38.8 Å². The summed E-state index contributed by atoms with van der Waals surface area (Å²) < 4.78 is 0. The summed E-state index contributed by atoms with van der Waals surface area (Å²) in [5.74, 6) is 0. The van der Waals surface area contributed by atoms with Gasteiger partial charge in [0, 0.05) is 17.0 Å². The van der Waals surface area contributed by atoms with Crippen LogP contribution in [0.5, 0.6) is 0 Å². The summed E-state index contributed by atoms with van der Waals surface area (Å²) in [6.07, 6.45) is 2.22. The highest BCUT2D eigenvalue weighted by atomic mass is 32.1. The van der Waals surface area contributed by atoms with E-state index in [1.807, 2.05) is 11.3 Å². The summed E-state index contributed by atoms with van der Waals surface area (Å²) in [4.78, 5) is 3.86. The van der Waals surface area contributed by atoms with Crippen LogP contribution in [0.2, 0.25) is 0 Å². The van der Waals surface area contributed by atoms with E-state index in [9.17, 15) is 0 Å². The monoisotopic (exact) mass is 226 g/mol. The topological polar surface area (TPSA) is 29.3 Å². The first-order chi connectivity index (χ1) is 7.09. The minimum absolute atomic E-state index is 0.307. The van der Waals surface area contributed by atoms with Crippen molar-refractivity contribution < 1.29 is 0 Å². The Hall–Kier alpha value is -0.380. The molecule has 0 aliphatic heterocycles. The van der Waals surface area contributed by atoms with Crippen LogP contribution < -0.4 is 5.73 Å². The quantitative estimate of drug-likeness (QED) is 0.807. The standard InChI is InChI=1S/C12H22N2S/c1-10(13)6-7-14(3)11(2)9-12-5-4-8-15-12/h4-5,8,10-11H,6-7,9,13H2,1-3H3. The Morgan fingerprint density at radius 2 is 2.20 bits per heavy atom. The lowest BCUT2D eigenvalue weighted by molar-refractivity contribution is 0.249. The van der Waals surface area contributed by atoms with Gasteiger partial charge in [0.25, 0.3) is 0 Å². The lowest BCUT2D eigenvalue weighted by Crippen LogP contribution is -2.34. The van der Waals surface area contributed by atoms with Gasteiger partial charge in [-0.25, -0.2) is 0 Å². The van der Waals surface area contributed by atoms with E-state index in [1.165, 1.54) is 4.88 Å². The first-order valence-corrected chi connectivity index (χ1v) is 6.45. The van der Waals surface area contributed by atoms with E-state index in [-0.39, 0.29) is 0 Å². The first kappa shape index (κ1) is 12.7. The molecule has 0 saturated carbocycles. The first-order valence-electron chi connectivity index (χ1n) is 5.57. The molecule has 0 aliphatic carbocycles. The molecule has 0 radical (unpaired) electrons. The van der Waals surface area contributed by atoms with Crippen LogP contribution in [0.15, 0.2) is 17.5 Å². The van der Waals surface area contributed by atoms with Crippen LogP contribution in [-0.4, -0.2) is 30.6 Å². The van der Waals surface area contributed by atoms with E-state index in [1.54, 1.807) is 0 Å². The van der Waals surface area contributed by atoms with Gasteiger partial charge in [0.1, 0.15) is 0 Å². The molecule has 2 N–H and O–H groups in total. The summed E-state index contributed by atoms with van der Waals surface area (Å²) >= 11 is 1.84. The Bertz CT molecular complexity index is 257. The summed E-state index contributed by atoms with van der Waals surface area (Å²) in [6, 6.07) is 5.23. The normalized spacial score (nSPS) is 15.5. The third kappa shape index (κ3) is 4.78. The van der Waals surface area contributed by atoms with Crippen LogP contribution in [0.4, 0.5) is 0 Å². The fraction of sp³-hybridized carbons (Fsp3) is 0.667. The van der Waals surface area contributed by atoms with Crippen molar-refractivity contribution in [2.24, 2.45) is 5.73 Å². The van der Waals surface area contributed by atoms with Crippen LogP contribution in [0, 0.1) is 0 Å². The Balaban J connectivity index is 2.30. The van der Waals surface area contributed by atoms with Crippen LogP contribution >= 0.6 is 11.3 Å². The predicted molar refractivity (Wildman–Crippen MR) is 68.4 cm³/mol. The third-order valence-corrected chi connectivity index (χ3v) is 3.67. The van der Waals surface area contributed by atoms with Gasteiger partial charge in [0.05, 0.1) is 0 Å². The second kappa shape index (κ2) is 6.26. The fourth-order valence-corrected chi connectivity index (χ4v) is 2.33. The molecule has 86 valence electrons. The third-order valence-electron chi connectivity index (χ3n) is 2.77. The van der Waals surface area contributed by atoms with Crippen molar-refractivity contribution in [2.75, 3.05) is 13.6 Å². The summed E-state index contributed by atoms with van der Waals surface area (Å²) in [6.45, 7) is 5.43. The van der Waals surface area contributed by atoms with Crippen LogP contribution in [0.1, 0.15) is 25.1 Å². The van der Waals surface area contributed by atoms with Gasteiger partial charge in [-0.2, -0.15) is 0 Å². The van der Waals surface area contributed by atoms with Crippen molar-refractivity contribution in [3.8, 4) is 0 Å². The molecule has 0 aliphatic rings. The maximum atomic E-state index is 5.75. The number of hydrogen-bond donors (Lipinski definition) is 1. The predicted octanol–water partition coefficient (Wildman–Crippen LogP) is 2.35. The van der Waals surface area contributed by atoms with Crippen LogP contribution in [-0.2, 0) is 6.42 Å². The molecule has 15 heavy (non-hydrogen) atoms. The lowest BCUT2D eigenvalue weighted by Gasteiger charge is -2.24. The zero-order valence-electron chi connectivity index (χ0n) is 9.94. The largest absolute Gasteiger partial charge is 0.328 e. The Morgan fingerprint density at radius 3 is 2.73 bits per heavy atom. The number of nitrogens with two attached hydrogens (primary N) is 1. The molecule has 0 saturated heterocycles. The SMILES string of the molecule is CC(N)CCN(C)C(C)Cc1cccs1. The molecule has 0 bridgehead atoms. The lowest BCUT2D eigenvalue weighted by atomic mass is 10.1. The second-order valence-corrected chi connectivity index (χ2v) is 5.41. The fourth-order valence-electron chi connectivity index (χ4n) is 1.50. The minimum Gasteiger partial charge on any atom is -0.328 e. The average Bonchev–Trinajstić information content (AvgIpc) is 2.66. The van der Waals surface area contributed by atoms with Gasteiger partial charge in [-0.15, -0.1) is 11.3 Å². The van der Waals surface area contributed by atoms with Gasteiger partial charge >= 0.3 is 0 Å². The zero-order valence-corrected chi connectivity index (χ0v) is 10.8. The van der Waals surface area contributed by atoms with E-state index in [0.29, 0.717) is 12.1 Å². The van der Waals surface area contributed by atoms with E-state index in [0.717, 1.165) is 19.4 Å². The number of thiophene rings is 1. The van der Waals surface area contributed by atoms with Gasteiger partial charge in [-0.3, -0.25) is 0 Å². The Morgan fingerprint density at radius 1 is 1.47 bits per heavy atom. The molecule has 0 aromatic carbocycles. The van der Waals surface area contributed by atoms with Gasteiger partial charge in [-0.1, -0.05) is 6.07 Å². The van der Waals surface area contributed by atoms with E-state index in [2.05, 4.69) is 43.3 Å². The van der Waals surface area contributed by atoms with E-state index < -0.39 is 0 Å². The molecule has 1 aromatic heterocycles. The summed E-state index contributed by atoms with van der Waals surface area (Å²) in [5.41, 5.74) is 5.75. The molecule has 2 nitrogen and oxygen atoms in total. The molecular weight excluding hydrogens is 204 g/mol. The Kier molecular flexibility index (Phi) is 5.29. The molecule has 1 rings (SSSR count). The molecule has 0 amide bonds. The van der Waals surface area contributed by atoms with Crippen molar-refractivity contribution in [1.82, 2.24) is 4.90 Å². The molecule has 0 fully saturated rings. The van der Waals surface area contributed by atoms with Crippen molar-refractivity contribution in [3.63, 3.8) is 0 Å². The number of likely N-dealkylation sites (N-methyl/N-ethyl adjacent to an activating group) is 1. The molecular formula is C12H22N2S. The number of hydrogen-bond acceptors (Lipinski definition) is 3. The maximum Gasteiger partial charge on any atom is 0.0112 e. The number of rotatable bonds is 6. The van der Waals surface area contributed by atoms with Crippen molar-refractivity contribution in [1.29, 1.82) is 0 Å². The van der Waals surface area contributed by atoms with Gasteiger partial charge in [0.2, 0.25) is 0 Å². The smallest absolute Gasteiger partial charge is 0.0112 e. The highest BCUT2D eigenvalue weighted by Gasteiger charge is 2.10. The van der Waals surface area contributed by atoms with Crippen molar-refractivity contribution >= 4 is 11.3 Å². The second-order valence-electron chi connectivity index (χ2n) is 4.38. The molecule has 0 spiro atoms. The minimum atomic E-state index is 0.307. The van der Waals surface area contributed by atoms with E-state index >= 15 is 0 Å². The Labute approximate surface area is 97.1 Å². The summed E-state index contributed by atoms with van der Waals surface area (Å²) in [7, 11) is 2.18. The van der Waals surface area contributed by atoms with Gasteiger partial charge in [-0.05, 0) is 51.7 Å². The molecule has 2 unspecified atom stereocenters. The van der Waals surface area contributed by atoms with Gasteiger partial charge in [0.15, 0.2) is 0 Å².